The van der Waals surface area contributed by atoms with Gasteiger partial charge in [0.05, 0.1) is 28.2 Å². The summed E-state index contributed by atoms with van der Waals surface area (Å²) in [6, 6.07) is 12.3. The Bertz CT molecular complexity index is 983. The number of aromatic nitrogens is 2. The summed E-state index contributed by atoms with van der Waals surface area (Å²) in [5, 5.41) is 9.08. The van der Waals surface area contributed by atoms with Crippen LogP contribution in [-0.2, 0) is 0 Å². The van der Waals surface area contributed by atoms with Gasteiger partial charge in [0.1, 0.15) is 11.0 Å². The maximum atomic E-state index is 12.9. The molecule has 26 heavy (non-hydrogen) atoms. The first-order chi connectivity index (χ1) is 12.5. The van der Waals surface area contributed by atoms with Gasteiger partial charge in [-0.05, 0) is 43.3 Å². The van der Waals surface area contributed by atoms with Gasteiger partial charge in [-0.25, -0.2) is 14.5 Å². The van der Waals surface area contributed by atoms with E-state index >= 15 is 0 Å². The number of hydrazone groups is 1. The second-order valence-electron chi connectivity index (χ2n) is 5.36. The van der Waals surface area contributed by atoms with E-state index in [2.05, 4.69) is 15.6 Å². The molecule has 0 saturated carbocycles. The van der Waals surface area contributed by atoms with Gasteiger partial charge in [-0.15, -0.1) is 0 Å². The van der Waals surface area contributed by atoms with Crippen LogP contribution in [0.15, 0.2) is 53.6 Å². The summed E-state index contributed by atoms with van der Waals surface area (Å²) in [5.74, 6) is -0.882. The standard InChI is InChI=1S/C18H13Cl2FN4O/c1-11-14(10-22-23-18(26)12-6-8-13(21)9-7-12)17(20)25(24-11)16-5-3-2-4-15(16)19/h2-10H,1H3,(H,23,26)/b22-10-. The lowest BCUT2D eigenvalue weighted by molar-refractivity contribution is 0.0955. The van der Waals surface area contributed by atoms with Gasteiger partial charge in [0.2, 0.25) is 0 Å². The maximum absolute atomic E-state index is 12.9. The number of amides is 1. The van der Waals surface area contributed by atoms with Crippen molar-refractivity contribution in [3.8, 4) is 5.69 Å². The zero-order chi connectivity index (χ0) is 18.7. The van der Waals surface area contributed by atoms with E-state index in [1.807, 2.05) is 12.1 Å². The third kappa shape index (κ3) is 3.76. The molecule has 1 amide bonds. The second kappa shape index (κ2) is 7.68. The van der Waals surface area contributed by atoms with Crippen LogP contribution in [0, 0.1) is 12.7 Å². The number of halogens is 3. The van der Waals surface area contributed by atoms with Crippen molar-refractivity contribution in [3.05, 3.63) is 81.3 Å². The van der Waals surface area contributed by atoms with Crippen LogP contribution in [0.1, 0.15) is 21.6 Å². The molecule has 0 atom stereocenters. The Morgan fingerprint density at radius 3 is 2.58 bits per heavy atom. The smallest absolute Gasteiger partial charge is 0.267 e. The predicted octanol–water partition coefficient (Wildman–Crippen LogP) is 4.39. The Morgan fingerprint density at radius 2 is 1.88 bits per heavy atom. The van der Waals surface area contributed by atoms with Crippen molar-refractivity contribution in [2.45, 2.75) is 6.92 Å². The molecule has 0 spiro atoms. The number of rotatable bonds is 4. The fraction of sp³-hybridized carbons (Fsp3) is 0.0556. The van der Waals surface area contributed by atoms with E-state index in [1.165, 1.54) is 35.2 Å². The minimum absolute atomic E-state index is 0.290. The van der Waals surface area contributed by atoms with Crippen LogP contribution in [-0.4, -0.2) is 21.9 Å². The quantitative estimate of drug-likeness (QED) is 0.530. The second-order valence-corrected chi connectivity index (χ2v) is 6.12. The maximum Gasteiger partial charge on any atom is 0.271 e. The molecule has 0 aliphatic rings. The molecule has 0 unspecified atom stereocenters. The molecule has 0 radical (unpaired) electrons. The Balaban J connectivity index is 1.80. The van der Waals surface area contributed by atoms with Gasteiger partial charge in [-0.1, -0.05) is 35.3 Å². The Labute approximate surface area is 159 Å². The van der Waals surface area contributed by atoms with E-state index in [1.54, 1.807) is 19.1 Å². The van der Waals surface area contributed by atoms with E-state index in [4.69, 9.17) is 23.2 Å². The molecule has 1 aromatic heterocycles. The number of hydrogen-bond acceptors (Lipinski definition) is 3. The van der Waals surface area contributed by atoms with E-state index in [0.29, 0.717) is 27.1 Å². The third-order valence-corrected chi connectivity index (χ3v) is 4.28. The van der Waals surface area contributed by atoms with E-state index in [9.17, 15) is 9.18 Å². The molecule has 132 valence electrons. The predicted molar refractivity (Wildman–Crippen MR) is 99.8 cm³/mol. The minimum Gasteiger partial charge on any atom is -0.267 e. The molecular formula is C18H13Cl2FN4O. The van der Waals surface area contributed by atoms with Crippen molar-refractivity contribution in [2.24, 2.45) is 5.10 Å². The average Bonchev–Trinajstić information content (AvgIpc) is 2.90. The number of nitrogens with zero attached hydrogens (tertiary/aromatic N) is 3. The van der Waals surface area contributed by atoms with Crippen LogP contribution in [0.4, 0.5) is 4.39 Å². The highest BCUT2D eigenvalue weighted by atomic mass is 35.5. The SMILES string of the molecule is Cc1nn(-c2ccccc2Cl)c(Cl)c1/C=N\NC(=O)c1ccc(F)cc1. The first kappa shape index (κ1) is 18.1. The van der Waals surface area contributed by atoms with Gasteiger partial charge in [0.25, 0.3) is 5.91 Å². The Morgan fingerprint density at radius 1 is 1.19 bits per heavy atom. The molecular weight excluding hydrogens is 378 g/mol. The molecule has 1 heterocycles. The molecule has 8 heteroatoms. The summed E-state index contributed by atoms with van der Waals surface area (Å²) in [4.78, 5) is 12.0. The van der Waals surface area contributed by atoms with Crippen molar-refractivity contribution in [2.75, 3.05) is 0 Å². The van der Waals surface area contributed by atoms with E-state index < -0.39 is 11.7 Å². The molecule has 0 fully saturated rings. The van der Waals surface area contributed by atoms with Crippen LogP contribution in [0.5, 0.6) is 0 Å². The number of nitrogens with one attached hydrogen (secondary N) is 1. The van der Waals surface area contributed by atoms with Gasteiger partial charge in [0.15, 0.2) is 0 Å². The van der Waals surface area contributed by atoms with E-state index in [-0.39, 0.29) is 5.56 Å². The summed E-state index contributed by atoms with van der Waals surface area (Å²) < 4.78 is 14.4. The number of benzene rings is 2. The number of carbonyl (C=O) groups is 1. The van der Waals surface area contributed by atoms with Gasteiger partial charge in [-0.3, -0.25) is 4.79 Å². The topological polar surface area (TPSA) is 59.3 Å². The largest absolute Gasteiger partial charge is 0.271 e. The molecule has 0 saturated heterocycles. The summed E-state index contributed by atoms with van der Waals surface area (Å²) in [7, 11) is 0. The summed E-state index contributed by atoms with van der Waals surface area (Å²) in [5.41, 5.74) is 4.46. The highest BCUT2D eigenvalue weighted by molar-refractivity contribution is 6.34. The zero-order valence-corrected chi connectivity index (χ0v) is 15.1. The summed E-state index contributed by atoms with van der Waals surface area (Å²) >= 11 is 12.6. The van der Waals surface area contributed by atoms with Crippen molar-refractivity contribution in [1.82, 2.24) is 15.2 Å². The van der Waals surface area contributed by atoms with Crippen molar-refractivity contribution >= 4 is 35.3 Å². The Kier molecular flexibility index (Phi) is 5.35. The number of carbonyl (C=O) groups excluding carboxylic acids is 1. The third-order valence-electron chi connectivity index (χ3n) is 3.59. The fourth-order valence-electron chi connectivity index (χ4n) is 2.26. The minimum atomic E-state index is -0.464. The average molecular weight is 391 g/mol. The first-order valence-electron chi connectivity index (χ1n) is 7.56. The van der Waals surface area contributed by atoms with Crippen LogP contribution in [0.3, 0.4) is 0 Å². The first-order valence-corrected chi connectivity index (χ1v) is 8.32. The summed E-state index contributed by atoms with van der Waals surface area (Å²) in [6.45, 7) is 1.77. The van der Waals surface area contributed by atoms with Crippen molar-refractivity contribution in [3.63, 3.8) is 0 Å². The number of para-hydroxylation sites is 1. The number of aryl methyl sites for hydroxylation is 1. The lowest BCUT2D eigenvalue weighted by Crippen LogP contribution is -2.17. The normalized spacial score (nSPS) is 11.1. The van der Waals surface area contributed by atoms with Crippen LogP contribution >= 0.6 is 23.2 Å². The molecule has 0 aliphatic heterocycles. The van der Waals surface area contributed by atoms with Crippen LogP contribution < -0.4 is 5.43 Å². The van der Waals surface area contributed by atoms with Crippen molar-refractivity contribution < 1.29 is 9.18 Å². The van der Waals surface area contributed by atoms with Crippen LogP contribution in [0.25, 0.3) is 5.69 Å². The van der Waals surface area contributed by atoms with Gasteiger partial charge < -0.3 is 0 Å². The zero-order valence-electron chi connectivity index (χ0n) is 13.6. The van der Waals surface area contributed by atoms with Gasteiger partial charge >= 0.3 is 0 Å². The number of hydrogen-bond donors (Lipinski definition) is 1. The Hall–Kier alpha value is -2.70. The van der Waals surface area contributed by atoms with Gasteiger partial charge in [-0.2, -0.15) is 10.2 Å². The van der Waals surface area contributed by atoms with E-state index in [0.717, 1.165) is 0 Å². The molecule has 0 aliphatic carbocycles. The molecule has 3 aromatic rings. The molecule has 0 bridgehead atoms. The molecule has 3 rings (SSSR count). The molecule has 1 N–H and O–H groups in total. The summed E-state index contributed by atoms with van der Waals surface area (Å²) in [6.07, 6.45) is 1.40. The molecule has 2 aromatic carbocycles. The fourth-order valence-corrected chi connectivity index (χ4v) is 2.79. The highest BCUT2D eigenvalue weighted by Crippen LogP contribution is 2.26. The lowest BCUT2D eigenvalue weighted by Gasteiger charge is -2.04. The molecule has 5 nitrogen and oxygen atoms in total. The lowest BCUT2D eigenvalue weighted by atomic mass is 10.2. The van der Waals surface area contributed by atoms with Crippen molar-refractivity contribution in [1.29, 1.82) is 0 Å². The monoisotopic (exact) mass is 390 g/mol. The van der Waals surface area contributed by atoms with Gasteiger partial charge in [0, 0.05) is 5.56 Å². The van der Waals surface area contributed by atoms with Crippen LogP contribution in [0.2, 0.25) is 10.2 Å². The highest BCUT2D eigenvalue weighted by Gasteiger charge is 2.15.